The van der Waals surface area contributed by atoms with Crippen LogP contribution in [0, 0.1) is 0 Å². The highest BCUT2D eigenvalue weighted by atomic mass is 16.2. The van der Waals surface area contributed by atoms with E-state index in [1.54, 1.807) is 4.90 Å². The van der Waals surface area contributed by atoms with E-state index in [0.717, 1.165) is 12.1 Å². The highest BCUT2D eigenvalue weighted by molar-refractivity contribution is 5.96. The molecule has 1 heterocycles. The molecule has 0 saturated heterocycles. The first-order chi connectivity index (χ1) is 9.61. The molecule has 0 radical (unpaired) electrons. The molecule has 1 aromatic rings. The first kappa shape index (κ1) is 14.5. The van der Waals surface area contributed by atoms with Crippen molar-refractivity contribution in [3.8, 4) is 0 Å². The zero-order chi connectivity index (χ0) is 14.5. The Bertz CT molecular complexity index is 502. The third kappa shape index (κ3) is 3.36. The summed E-state index contributed by atoms with van der Waals surface area (Å²) in [5.41, 5.74) is 7.57. The molecule has 1 aromatic carbocycles. The van der Waals surface area contributed by atoms with E-state index in [2.05, 4.69) is 5.32 Å². The molecule has 108 valence electrons. The Balaban J connectivity index is 1.99. The molecule has 0 aromatic heterocycles. The molecule has 2 rings (SSSR count). The molecular formula is C15H21N3O2. The van der Waals surface area contributed by atoms with Gasteiger partial charge in [0, 0.05) is 37.7 Å². The summed E-state index contributed by atoms with van der Waals surface area (Å²) < 4.78 is 0. The van der Waals surface area contributed by atoms with E-state index in [1.807, 2.05) is 31.2 Å². The summed E-state index contributed by atoms with van der Waals surface area (Å²) >= 11 is 0. The third-order valence-corrected chi connectivity index (χ3v) is 3.52. The number of carbonyl (C=O) groups excluding carboxylic acids is 2. The zero-order valence-electron chi connectivity index (χ0n) is 11.8. The molecule has 0 spiro atoms. The molecule has 0 saturated carbocycles. The molecule has 0 aliphatic carbocycles. The predicted molar refractivity (Wildman–Crippen MR) is 78.4 cm³/mol. The lowest BCUT2D eigenvalue weighted by molar-refractivity contribution is -0.121. The number of hydrogen-bond acceptors (Lipinski definition) is 3. The summed E-state index contributed by atoms with van der Waals surface area (Å²) in [6, 6.07) is 7.83. The van der Waals surface area contributed by atoms with E-state index in [9.17, 15) is 9.59 Å². The van der Waals surface area contributed by atoms with Crippen LogP contribution in [0.3, 0.4) is 0 Å². The van der Waals surface area contributed by atoms with Crippen LogP contribution >= 0.6 is 0 Å². The first-order valence-corrected chi connectivity index (χ1v) is 6.99. The van der Waals surface area contributed by atoms with Crippen LogP contribution < -0.4 is 16.0 Å². The lowest BCUT2D eigenvalue weighted by Crippen LogP contribution is -2.41. The fourth-order valence-corrected chi connectivity index (χ4v) is 2.36. The van der Waals surface area contributed by atoms with Gasteiger partial charge in [-0.15, -0.1) is 0 Å². The van der Waals surface area contributed by atoms with Crippen molar-refractivity contribution < 1.29 is 9.59 Å². The first-order valence-electron chi connectivity index (χ1n) is 6.99. The molecule has 0 unspecified atom stereocenters. The maximum absolute atomic E-state index is 12.0. The summed E-state index contributed by atoms with van der Waals surface area (Å²) in [4.78, 5) is 25.5. The number of fused-ring (bicyclic) bond motifs is 1. The Morgan fingerprint density at radius 2 is 2.15 bits per heavy atom. The number of hydrogen-bond donors (Lipinski definition) is 2. The largest absolute Gasteiger partial charge is 0.352 e. The summed E-state index contributed by atoms with van der Waals surface area (Å²) in [5, 5.41) is 2.81. The normalized spacial score (nSPS) is 15.7. The van der Waals surface area contributed by atoms with Crippen molar-refractivity contribution in [3.63, 3.8) is 0 Å². The third-order valence-electron chi connectivity index (χ3n) is 3.52. The Labute approximate surface area is 119 Å². The van der Waals surface area contributed by atoms with Gasteiger partial charge < -0.3 is 16.0 Å². The second-order valence-corrected chi connectivity index (χ2v) is 5.13. The number of rotatable bonds is 5. The molecule has 5 heteroatoms. The predicted octanol–water partition coefficient (Wildman–Crippen LogP) is 0.819. The van der Waals surface area contributed by atoms with Crippen LogP contribution in [0.4, 0.5) is 5.69 Å². The maximum Gasteiger partial charge on any atom is 0.227 e. The minimum absolute atomic E-state index is 0.0353. The number of nitrogens with two attached hydrogens (primary N) is 1. The highest BCUT2D eigenvalue weighted by Crippen LogP contribution is 2.27. The van der Waals surface area contributed by atoms with Crippen LogP contribution in [0.25, 0.3) is 0 Å². The fourth-order valence-electron chi connectivity index (χ4n) is 2.36. The molecule has 5 nitrogen and oxygen atoms in total. The van der Waals surface area contributed by atoms with Crippen molar-refractivity contribution in [2.45, 2.75) is 32.2 Å². The van der Waals surface area contributed by atoms with Crippen LogP contribution in [-0.2, 0) is 16.0 Å². The number of anilines is 1. The van der Waals surface area contributed by atoms with Crippen molar-refractivity contribution in [3.05, 3.63) is 29.8 Å². The van der Waals surface area contributed by atoms with Crippen LogP contribution in [0.1, 0.15) is 25.3 Å². The van der Waals surface area contributed by atoms with Crippen molar-refractivity contribution in [1.82, 2.24) is 5.32 Å². The van der Waals surface area contributed by atoms with Gasteiger partial charge in [-0.3, -0.25) is 9.59 Å². The SMILES string of the molecule is C[C@@H](CN)NC(=O)CCN1C(=O)CCc2ccccc21. The summed E-state index contributed by atoms with van der Waals surface area (Å²) in [6.45, 7) is 2.69. The summed E-state index contributed by atoms with van der Waals surface area (Å²) in [5.74, 6) is 0.0159. The van der Waals surface area contributed by atoms with Crippen LogP contribution in [-0.4, -0.2) is 30.9 Å². The quantitative estimate of drug-likeness (QED) is 0.835. The van der Waals surface area contributed by atoms with Gasteiger partial charge in [-0.2, -0.15) is 0 Å². The van der Waals surface area contributed by atoms with Gasteiger partial charge in [0.1, 0.15) is 0 Å². The average Bonchev–Trinajstić information content (AvgIpc) is 2.46. The number of benzene rings is 1. The number of para-hydroxylation sites is 1. The molecule has 20 heavy (non-hydrogen) atoms. The number of nitrogens with one attached hydrogen (secondary N) is 1. The maximum atomic E-state index is 12.0. The highest BCUT2D eigenvalue weighted by Gasteiger charge is 2.24. The lowest BCUT2D eigenvalue weighted by Gasteiger charge is -2.29. The molecule has 1 aliphatic heterocycles. The Kier molecular flexibility index (Phi) is 4.74. The number of nitrogens with zero attached hydrogens (tertiary/aromatic N) is 1. The van der Waals surface area contributed by atoms with Gasteiger partial charge in [0.05, 0.1) is 0 Å². The standard InChI is InChI=1S/C15H21N3O2/c1-11(10-16)17-14(19)8-9-18-13-5-3-2-4-12(13)6-7-15(18)20/h2-5,11H,6-10,16H2,1H3,(H,17,19)/t11-/m0/s1. The number of aryl methyl sites for hydroxylation is 1. The van der Waals surface area contributed by atoms with E-state index < -0.39 is 0 Å². The lowest BCUT2D eigenvalue weighted by atomic mass is 10.0. The summed E-state index contributed by atoms with van der Waals surface area (Å²) in [6.07, 6.45) is 1.59. The summed E-state index contributed by atoms with van der Waals surface area (Å²) in [7, 11) is 0. The van der Waals surface area contributed by atoms with Crippen molar-refractivity contribution in [2.75, 3.05) is 18.0 Å². The van der Waals surface area contributed by atoms with E-state index in [0.29, 0.717) is 25.9 Å². The van der Waals surface area contributed by atoms with Gasteiger partial charge in [0.25, 0.3) is 0 Å². The van der Waals surface area contributed by atoms with Gasteiger partial charge in [-0.25, -0.2) is 0 Å². The number of carbonyl (C=O) groups is 2. The van der Waals surface area contributed by atoms with E-state index in [4.69, 9.17) is 5.73 Å². The Morgan fingerprint density at radius 1 is 1.40 bits per heavy atom. The van der Waals surface area contributed by atoms with Crippen LogP contribution in [0.15, 0.2) is 24.3 Å². The van der Waals surface area contributed by atoms with Gasteiger partial charge in [-0.05, 0) is 25.0 Å². The topological polar surface area (TPSA) is 75.4 Å². The minimum atomic E-state index is -0.0706. The zero-order valence-corrected chi connectivity index (χ0v) is 11.8. The van der Waals surface area contributed by atoms with Gasteiger partial charge in [-0.1, -0.05) is 18.2 Å². The van der Waals surface area contributed by atoms with E-state index >= 15 is 0 Å². The molecular weight excluding hydrogens is 254 g/mol. The second kappa shape index (κ2) is 6.52. The fraction of sp³-hybridized carbons (Fsp3) is 0.467. The molecule has 3 N–H and O–H groups in total. The molecule has 0 fully saturated rings. The molecule has 2 amide bonds. The van der Waals surface area contributed by atoms with Crippen molar-refractivity contribution in [1.29, 1.82) is 0 Å². The van der Waals surface area contributed by atoms with E-state index in [-0.39, 0.29) is 17.9 Å². The van der Waals surface area contributed by atoms with E-state index in [1.165, 1.54) is 5.56 Å². The van der Waals surface area contributed by atoms with Gasteiger partial charge >= 0.3 is 0 Å². The second-order valence-electron chi connectivity index (χ2n) is 5.13. The van der Waals surface area contributed by atoms with Crippen LogP contribution in [0.2, 0.25) is 0 Å². The molecule has 0 bridgehead atoms. The van der Waals surface area contributed by atoms with Gasteiger partial charge in [0.2, 0.25) is 11.8 Å². The van der Waals surface area contributed by atoms with Gasteiger partial charge in [0.15, 0.2) is 0 Å². The smallest absolute Gasteiger partial charge is 0.227 e. The molecule has 1 atom stereocenters. The Morgan fingerprint density at radius 3 is 2.90 bits per heavy atom. The number of amides is 2. The monoisotopic (exact) mass is 275 g/mol. The molecule has 1 aliphatic rings. The average molecular weight is 275 g/mol. The van der Waals surface area contributed by atoms with Crippen molar-refractivity contribution in [2.24, 2.45) is 5.73 Å². The Hall–Kier alpha value is -1.88. The van der Waals surface area contributed by atoms with Crippen LogP contribution in [0.5, 0.6) is 0 Å². The van der Waals surface area contributed by atoms with Crippen molar-refractivity contribution >= 4 is 17.5 Å². The minimum Gasteiger partial charge on any atom is -0.352 e.